The van der Waals surface area contributed by atoms with Crippen LogP contribution in [0.15, 0.2) is 48.8 Å². The molecular formula is C25H27ClN5O3P. The van der Waals surface area contributed by atoms with Crippen LogP contribution in [-0.4, -0.2) is 66.8 Å². The summed E-state index contributed by atoms with van der Waals surface area (Å²) in [5.74, 6) is 1.16. The molecule has 1 fully saturated rings. The third kappa shape index (κ3) is 5.41. The Morgan fingerprint density at radius 2 is 2.11 bits per heavy atom. The third-order valence-electron chi connectivity index (χ3n) is 6.26. The molecule has 1 saturated heterocycles. The first-order valence-corrected chi connectivity index (χ1v) is 12.4. The SMILES string of the molecule is CN(CCC(=O)Nc1cc(N2CCOc3cnc(-c4cc(Cl)ccc4P)cc32)ccn1)C1COC1. The smallest absolute Gasteiger partial charge is 0.226 e. The number of anilines is 3. The molecule has 3 aromatic rings. The van der Waals surface area contributed by atoms with E-state index >= 15 is 0 Å². The standard InChI is InChI=1S/C25H27ClN5O3P/c1-30(18-14-33-15-18)7-5-25(32)29-24-11-17(4-6-27-24)31-8-9-34-22-13-28-20(12-21(22)31)19-10-16(26)2-3-23(19)35/h2-4,6,10-13,18H,5,7-9,14-15,35H2,1H3,(H,27,29,32). The van der Waals surface area contributed by atoms with Gasteiger partial charge in [0, 0.05) is 41.5 Å². The van der Waals surface area contributed by atoms with Crippen LogP contribution in [0.5, 0.6) is 5.75 Å². The average Bonchev–Trinajstić information content (AvgIpc) is 2.82. The summed E-state index contributed by atoms with van der Waals surface area (Å²) in [6.07, 6.45) is 3.85. The van der Waals surface area contributed by atoms with Gasteiger partial charge in [-0.25, -0.2) is 4.98 Å². The molecule has 0 spiro atoms. The average molecular weight is 512 g/mol. The highest BCUT2D eigenvalue weighted by atomic mass is 35.5. The molecule has 2 aromatic heterocycles. The van der Waals surface area contributed by atoms with E-state index in [-0.39, 0.29) is 5.91 Å². The second-order valence-corrected chi connectivity index (χ2v) is 9.70. The molecule has 35 heavy (non-hydrogen) atoms. The fraction of sp³-hybridized carbons (Fsp3) is 0.320. The van der Waals surface area contributed by atoms with Gasteiger partial charge in [0.1, 0.15) is 12.4 Å². The quantitative estimate of drug-likeness (QED) is 0.486. The lowest BCUT2D eigenvalue weighted by atomic mass is 10.1. The highest BCUT2D eigenvalue weighted by Gasteiger charge is 2.24. The fourth-order valence-electron chi connectivity index (χ4n) is 4.09. The Hall–Kier alpha value is -2.77. The van der Waals surface area contributed by atoms with Gasteiger partial charge >= 0.3 is 0 Å². The van der Waals surface area contributed by atoms with Crippen LogP contribution in [-0.2, 0) is 9.53 Å². The van der Waals surface area contributed by atoms with Gasteiger partial charge in [-0.1, -0.05) is 17.7 Å². The number of pyridine rings is 2. The molecule has 10 heteroatoms. The van der Waals surface area contributed by atoms with Crippen molar-refractivity contribution in [3.63, 3.8) is 0 Å². The van der Waals surface area contributed by atoms with Crippen molar-refractivity contribution >= 4 is 49.2 Å². The van der Waals surface area contributed by atoms with Crippen LogP contribution >= 0.6 is 20.8 Å². The predicted octanol–water partition coefficient (Wildman–Crippen LogP) is 3.49. The highest BCUT2D eigenvalue weighted by Crippen LogP contribution is 2.39. The molecule has 0 radical (unpaired) electrons. The van der Waals surface area contributed by atoms with E-state index in [4.69, 9.17) is 21.1 Å². The monoisotopic (exact) mass is 511 g/mol. The molecule has 182 valence electrons. The molecule has 2 aliphatic rings. The van der Waals surface area contributed by atoms with E-state index in [1.807, 2.05) is 43.4 Å². The lowest BCUT2D eigenvalue weighted by Gasteiger charge is -2.34. The van der Waals surface area contributed by atoms with Gasteiger partial charge in [0.25, 0.3) is 0 Å². The van der Waals surface area contributed by atoms with Crippen LogP contribution < -0.4 is 20.3 Å². The van der Waals surface area contributed by atoms with Crippen LogP contribution in [0.1, 0.15) is 6.42 Å². The molecule has 1 atom stereocenters. The molecule has 0 aliphatic carbocycles. The first-order valence-electron chi connectivity index (χ1n) is 11.5. The number of amides is 1. The Morgan fingerprint density at radius 3 is 2.91 bits per heavy atom. The van der Waals surface area contributed by atoms with Gasteiger partial charge in [0.15, 0.2) is 5.75 Å². The molecule has 2 aliphatic heterocycles. The molecule has 0 bridgehead atoms. The van der Waals surface area contributed by atoms with Gasteiger partial charge in [0.2, 0.25) is 5.91 Å². The van der Waals surface area contributed by atoms with Crippen LogP contribution in [0.25, 0.3) is 11.3 Å². The number of nitrogens with one attached hydrogen (secondary N) is 1. The number of carbonyl (C=O) groups is 1. The Labute approximate surface area is 211 Å². The van der Waals surface area contributed by atoms with Crippen molar-refractivity contribution in [1.82, 2.24) is 14.9 Å². The lowest BCUT2D eigenvalue weighted by molar-refractivity contribution is -0.117. The Kier molecular flexibility index (Phi) is 7.16. The largest absolute Gasteiger partial charge is 0.488 e. The summed E-state index contributed by atoms with van der Waals surface area (Å²) < 4.78 is 11.1. The normalized spacial score (nSPS) is 15.4. The molecule has 5 rings (SSSR count). The Bertz CT molecular complexity index is 1240. The minimum atomic E-state index is -0.0652. The maximum atomic E-state index is 12.5. The maximum absolute atomic E-state index is 12.5. The Balaban J connectivity index is 1.34. The van der Waals surface area contributed by atoms with Crippen molar-refractivity contribution in [2.45, 2.75) is 12.5 Å². The molecular weight excluding hydrogens is 485 g/mol. The van der Waals surface area contributed by atoms with Gasteiger partial charge < -0.3 is 19.7 Å². The number of hydrogen-bond acceptors (Lipinski definition) is 7. The lowest BCUT2D eigenvalue weighted by Crippen LogP contribution is -2.47. The van der Waals surface area contributed by atoms with Crippen LogP contribution in [0, 0.1) is 0 Å². The number of nitrogens with zero attached hydrogens (tertiary/aromatic N) is 4. The minimum absolute atomic E-state index is 0.0652. The summed E-state index contributed by atoms with van der Waals surface area (Å²) in [5.41, 5.74) is 3.56. The molecule has 1 aromatic carbocycles. The van der Waals surface area contributed by atoms with E-state index in [2.05, 4.69) is 34.3 Å². The number of fused-ring (bicyclic) bond motifs is 1. The zero-order valence-electron chi connectivity index (χ0n) is 19.4. The summed E-state index contributed by atoms with van der Waals surface area (Å²) in [5, 5.41) is 4.59. The number of rotatable bonds is 7. The van der Waals surface area contributed by atoms with Gasteiger partial charge in [-0.3, -0.25) is 14.7 Å². The van der Waals surface area contributed by atoms with Crippen molar-refractivity contribution in [3.05, 3.63) is 53.8 Å². The molecule has 1 amide bonds. The van der Waals surface area contributed by atoms with Crippen molar-refractivity contribution in [2.24, 2.45) is 0 Å². The number of aromatic nitrogens is 2. The number of likely N-dealkylation sites (N-methyl/N-ethyl adjacent to an activating group) is 1. The summed E-state index contributed by atoms with van der Waals surface area (Å²) >= 11 is 6.24. The van der Waals surface area contributed by atoms with E-state index in [1.165, 1.54) is 0 Å². The van der Waals surface area contributed by atoms with Crippen LogP contribution in [0.3, 0.4) is 0 Å². The minimum Gasteiger partial charge on any atom is -0.488 e. The predicted molar refractivity (Wildman–Crippen MR) is 141 cm³/mol. The number of halogens is 1. The molecule has 1 unspecified atom stereocenters. The van der Waals surface area contributed by atoms with E-state index in [0.29, 0.717) is 48.7 Å². The van der Waals surface area contributed by atoms with Crippen LogP contribution in [0.4, 0.5) is 17.2 Å². The summed E-state index contributed by atoms with van der Waals surface area (Å²) in [6, 6.07) is 11.9. The third-order valence-corrected chi connectivity index (χ3v) is 7.00. The topological polar surface area (TPSA) is 79.8 Å². The first kappa shape index (κ1) is 23.9. The molecule has 8 nitrogen and oxygen atoms in total. The van der Waals surface area contributed by atoms with Crippen molar-refractivity contribution in [2.75, 3.05) is 50.2 Å². The highest BCUT2D eigenvalue weighted by molar-refractivity contribution is 7.28. The second-order valence-electron chi connectivity index (χ2n) is 8.64. The van der Waals surface area contributed by atoms with E-state index in [0.717, 1.165) is 41.2 Å². The zero-order valence-corrected chi connectivity index (χ0v) is 21.3. The van der Waals surface area contributed by atoms with Gasteiger partial charge in [-0.2, -0.15) is 0 Å². The zero-order chi connectivity index (χ0) is 24.4. The number of benzene rings is 1. The van der Waals surface area contributed by atoms with Crippen LogP contribution in [0.2, 0.25) is 5.02 Å². The van der Waals surface area contributed by atoms with Crippen molar-refractivity contribution < 1.29 is 14.3 Å². The van der Waals surface area contributed by atoms with Gasteiger partial charge in [-0.15, -0.1) is 9.24 Å². The molecule has 1 N–H and O–H groups in total. The van der Waals surface area contributed by atoms with Gasteiger partial charge in [-0.05, 0) is 36.6 Å². The summed E-state index contributed by atoms with van der Waals surface area (Å²) in [7, 11) is 4.74. The summed E-state index contributed by atoms with van der Waals surface area (Å²) in [6.45, 7) is 3.32. The van der Waals surface area contributed by atoms with E-state index in [1.54, 1.807) is 12.4 Å². The number of carbonyl (C=O) groups excluding carboxylic acids is 1. The van der Waals surface area contributed by atoms with E-state index in [9.17, 15) is 4.79 Å². The molecule has 0 saturated carbocycles. The van der Waals surface area contributed by atoms with E-state index < -0.39 is 0 Å². The fourth-order valence-corrected chi connectivity index (χ4v) is 4.59. The first-order chi connectivity index (χ1) is 17.0. The second kappa shape index (κ2) is 10.5. The number of hydrogen-bond donors (Lipinski definition) is 1. The van der Waals surface area contributed by atoms with Crippen molar-refractivity contribution in [1.29, 1.82) is 0 Å². The maximum Gasteiger partial charge on any atom is 0.226 e. The van der Waals surface area contributed by atoms with Crippen molar-refractivity contribution in [3.8, 4) is 17.0 Å². The molecule has 4 heterocycles. The summed E-state index contributed by atoms with van der Waals surface area (Å²) in [4.78, 5) is 25.8. The Morgan fingerprint density at radius 1 is 1.26 bits per heavy atom. The van der Waals surface area contributed by atoms with Gasteiger partial charge in [0.05, 0.1) is 43.4 Å². The number of ether oxygens (including phenoxy) is 2.